The molecule has 19 heavy (non-hydrogen) atoms. The zero-order valence-electron chi connectivity index (χ0n) is 10.1. The summed E-state index contributed by atoms with van der Waals surface area (Å²) in [4.78, 5) is 0. The Labute approximate surface area is 142 Å². The van der Waals surface area contributed by atoms with Crippen LogP contribution in [0.25, 0.3) is 0 Å². The largest absolute Gasteiger partial charge is 0.228 e. The predicted molar refractivity (Wildman–Crippen MR) is 83.2 cm³/mol. The lowest BCUT2D eigenvalue weighted by molar-refractivity contribution is 0.0473. The van der Waals surface area contributed by atoms with Crippen LogP contribution in [0.3, 0.4) is 0 Å². The van der Waals surface area contributed by atoms with E-state index in [9.17, 15) is 5.11 Å². The van der Waals surface area contributed by atoms with Crippen LogP contribution in [-0.2, 0) is 12.7 Å². The van der Waals surface area contributed by atoms with Crippen molar-refractivity contribution in [2.75, 3.05) is 0 Å². The fourth-order valence-corrected chi connectivity index (χ4v) is 2.69. The van der Waals surface area contributed by atoms with Crippen LogP contribution < -0.4 is 0 Å². The molecule has 0 saturated carbocycles. The Morgan fingerprint density at radius 1 is 0.895 bits per heavy atom. The van der Waals surface area contributed by atoms with Crippen molar-refractivity contribution in [1.29, 1.82) is 0 Å². The van der Waals surface area contributed by atoms with Gasteiger partial charge in [0.25, 0.3) is 0 Å². The molecule has 0 bridgehead atoms. The third-order valence-corrected chi connectivity index (χ3v) is 3.83. The summed E-state index contributed by atoms with van der Waals surface area (Å²) in [5, 5.41) is 12.4. The minimum absolute atomic E-state index is 0.234. The van der Waals surface area contributed by atoms with Gasteiger partial charge in [-0.25, -0.2) is 5.11 Å². The summed E-state index contributed by atoms with van der Waals surface area (Å²) in [7, 11) is 0. The lowest BCUT2D eigenvalue weighted by Gasteiger charge is -2.26. The highest BCUT2D eigenvalue weighted by Gasteiger charge is 2.37. The minimum Gasteiger partial charge on any atom is -0.228 e. The van der Waals surface area contributed by atoms with Crippen molar-refractivity contribution in [3.8, 4) is 0 Å². The second kappa shape index (κ2) is 6.36. The van der Waals surface area contributed by atoms with E-state index in [0.717, 1.165) is 0 Å². The molecule has 1 nitrogen and oxygen atoms in total. The average molecular weight is 384 g/mol. The van der Waals surface area contributed by atoms with Gasteiger partial charge in [-0.1, -0.05) is 102 Å². The highest BCUT2D eigenvalue weighted by Crippen LogP contribution is 2.49. The molecule has 0 aromatic heterocycles. The van der Waals surface area contributed by atoms with Crippen LogP contribution in [0, 0.1) is 5.92 Å². The zero-order chi connectivity index (χ0) is 15.0. The Hall–Kier alpha value is 0.920. The van der Waals surface area contributed by atoms with Gasteiger partial charge < -0.3 is 0 Å². The molecule has 0 N–H and O–H groups in total. The van der Waals surface area contributed by atoms with Crippen molar-refractivity contribution < 1.29 is 5.11 Å². The van der Waals surface area contributed by atoms with E-state index in [2.05, 4.69) is 0 Å². The maximum absolute atomic E-state index is 12.4. The fourth-order valence-electron chi connectivity index (χ4n) is 1.70. The molecule has 0 saturated heterocycles. The molecule has 0 fully saturated rings. The molecule has 1 atom stereocenters. The Bertz CT molecular complexity index is 414. The quantitative estimate of drug-likeness (QED) is 0.521. The molecule has 107 valence electrons. The van der Waals surface area contributed by atoms with Gasteiger partial charge in [0.15, 0.2) is 0 Å². The van der Waals surface area contributed by atoms with Crippen LogP contribution in [0.15, 0.2) is 18.2 Å². The van der Waals surface area contributed by atoms with Gasteiger partial charge in [0.1, 0.15) is 6.10 Å². The summed E-state index contributed by atoms with van der Waals surface area (Å²) < 4.78 is -3.50. The topological polar surface area (TPSA) is 19.9 Å². The molecule has 0 aliphatic carbocycles. The number of alkyl halides is 6. The molecule has 7 heteroatoms. The molecule has 0 amide bonds. The smallest absolute Gasteiger partial charge is 0.216 e. The van der Waals surface area contributed by atoms with E-state index in [4.69, 9.17) is 69.6 Å². The third-order valence-electron chi connectivity index (χ3n) is 2.61. The maximum atomic E-state index is 12.4. The monoisotopic (exact) mass is 381 g/mol. The van der Waals surface area contributed by atoms with Crippen molar-refractivity contribution in [2.45, 2.75) is 27.5 Å². The first kappa shape index (κ1) is 18.0. The van der Waals surface area contributed by atoms with Crippen LogP contribution >= 0.6 is 69.6 Å². The molecular weight excluding hydrogens is 373 g/mol. The summed E-state index contributed by atoms with van der Waals surface area (Å²) in [6, 6.07) is 4.69. The number of hydrogen-bond acceptors (Lipinski definition) is 0. The summed E-state index contributed by atoms with van der Waals surface area (Å²) in [5.41, 5.74) is 0.725. The zero-order valence-corrected chi connectivity index (χ0v) is 14.6. The summed E-state index contributed by atoms with van der Waals surface area (Å²) in [6.45, 7) is 3.52. The standard InChI is InChI=1S/C12H11Cl6O/c1-6(2)10(19)9-7(11(13,14)15)4-3-5-8(9)12(16,17)18/h3-6,10H,1-2H3. The van der Waals surface area contributed by atoms with Gasteiger partial charge in [0.2, 0.25) is 7.59 Å². The first-order valence-corrected chi connectivity index (χ1v) is 7.66. The second-order valence-electron chi connectivity index (χ2n) is 4.43. The minimum atomic E-state index is -1.75. The number of rotatable bonds is 2. The van der Waals surface area contributed by atoms with Crippen LogP contribution in [-0.4, -0.2) is 0 Å². The van der Waals surface area contributed by atoms with Crippen LogP contribution in [0.2, 0.25) is 0 Å². The Morgan fingerprint density at radius 3 is 1.53 bits per heavy atom. The van der Waals surface area contributed by atoms with Crippen molar-refractivity contribution in [2.24, 2.45) is 5.92 Å². The van der Waals surface area contributed by atoms with Gasteiger partial charge in [-0.2, -0.15) is 0 Å². The molecule has 1 aromatic carbocycles. The highest BCUT2D eigenvalue weighted by atomic mass is 35.6. The van der Waals surface area contributed by atoms with Crippen molar-refractivity contribution >= 4 is 69.6 Å². The molecule has 1 rings (SSSR count). The van der Waals surface area contributed by atoms with E-state index in [0.29, 0.717) is 0 Å². The molecule has 0 spiro atoms. The molecule has 1 unspecified atom stereocenters. The molecule has 1 radical (unpaired) electrons. The number of halogens is 6. The number of benzene rings is 1. The molecular formula is C12H11Cl6O. The molecule has 0 heterocycles. The van der Waals surface area contributed by atoms with Gasteiger partial charge in [-0.15, -0.1) is 0 Å². The average Bonchev–Trinajstić information content (AvgIpc) is 2.24. The summed E-state index contributed by atoms with van der Waals surface area (Å²) in [6.07, 6.45) is -1.16. The maximum Gasteiger partial charge on any atom is 0.216 e. The molecule has 0 aliphatic rings. The van der Waals surface area contributed by atoms with E-state index in [1.165, 1.54) is 0 Å². The lowest BCUT2D eigenvalue weighted by atomic mass is 9.91. The molecule has 1 aromatic rings. The Morgan fingerprint density at radius 2 is 1.26 bits per heavy atom. The normalized spacial score (nSPS) is 14.8. The predicted octanol–water partition coefficient (Wildman–Crippen LogP) is 6.47. The molecule has 0 aliphatic heterocycles. The second-order valence-corrected chi connectivity index (χ2v) is 8.99. The van der Waals surface area contributed by atoms with E-state index in [-0.39, 0.29) is 22.6 Å². The Kier molecular flexibility index (Phi) is 6.01. The van der Waals surface area contributed by atoms with Crippen LogP contribution in [0.1, 0.15) is 36.6 Å². The highest BCUT2D eigenvalue weighted by molar-refractivity contribution is 6.67. The van der Waals surface area contributed by atoms with Crippen LogP contribution in [0.5, 0.6) is 0 Å². The van der Waals surface area contributed by atoms with Gasteiger partial charge in [0, 0.05) is 11.1 Å². The van der Waals surface area contributed by atoms with E-state index >= 15 is 0 Å². The lowest BCUT2D eigenvalue weighted by Crippen LogP contribution is -2.18. The SMILES string of the molecule is CC(C)C([O])c1c(C(Cl)(Cl)Cl)cccc1C(Cl)(Cl)Cl. The van der Waals surface area contributed by atoms with Gasteiger partial charge in [-0.05, 0) is 11.5 Å². The van der Waals surface area contributed by atoms with Crippen molar-refractivity contribution in [1.82, 2.24) is 0 Å². The Balaban J connectivity index is 3.60. The van der Waals surface area contributed by atoms with Crippen LogP contribution in [0.4, 0.5) is 0 Å². The summed E-state index contributed by atoms with van der Waals surface area (Å²) >= 11 is 35.4. The van der Waals surface area contributed by atoms with Gasteiger partial charge in [0.05, 0.1) is 0 Å². The first-order chi connectivity index (χ1) is 8.46. The number of hydrogen-bond donors (Lipinski definition) is 0. The van der Waals surface area contributed by atoms with E-state index in [1.54, 1.807) is 32.0 Å². The fraction of sp³-hybridized carbons (Fsp3) is 0.500. The first-order valence-electron chi connectivity index (χ1n) is 5.39. The third kappa shape index (κ3) is 4.44. The van der Waals surface area contributed by atoms with Crippen molar-refractivity contribution in [3.05, 3.63) is 34.9 Å². The van der Waals surface area contributed by atoms with E-state index in [1.807, 2.05) is 0 Å². The van der Waals surface area contributed by atoms with Gasteiger partial charge in [-0.3, -0.25) is 0 Å². The van der Waals surface area contributed by atoms with Crippen molar-refractivity contribution in [3.63, 3.8) is 0 Å². The van der Waals surface area contributed by atoms with Gasteiger partial charge >= 0.3 is 0 Å². The summed E-state index contributed by atoms with van der Waals surface area (Å²) in [5.74, 6) is -0.236. The van der Waals surface area contributed by atoms with E-state index < -0.39 is 13.7 Å².